The Labute approximate surface area is 304 Å². The molecule has 1 aromatic heterocycles. The van der Waals surface area contributed by atoms with Gasteiger partial charge < -0.3 is 9.47 Å². The van der Waals surface area contributed by atoms with E-state index in [9.17, 15) is 0 Å². The average Bonchev–Trinajstić information content (AvgIpc) is 3.81. The van der Waals surface area contributed by atoms with E-state index in [1.807, 2.05) is 6.08 Å². The molecule has 0 amide bonds. The fraction of sp³-hybridized carbons (Fsp3) is 0.0400. The Balaban J connectivity index is 1.24. The van der Waals surface area contributed by atoms with Gasteiger partial charge in [-0.15, -0.1) is 0 Å². The first-order chi connectivity index (χ1) is 25.7. The van der Waals surface area contributed by atoms with E-state index in [1.54, 1.807) is 0 Å². The molecule has 0 atom stereocenters. The molecule has 0 saturated carbocycles. The number of para-hydroxylation sites is 2. The van der Waals surface area contributed by atoms with Gasteiger partial charge in [0.05, 0.1) is 16.4 Å². The molecule has 2 nitrogen and oxygen atoms in total. The van der Waals surface area contributed by atoms with Crippen LogP contribution in [0.4, 0.5) is 11.4 Å². The van der Waals surface area contributed by atoms with E-state index in [0.717, 1.165) is 22.8 Å². The van der Waals surface area contributed by atoms with E-state index in [4.69, 9.17) is 0 Å². The summed E-state index contributed by atoms with van der Waals surface area (Å²) >= 11 is 0. The summed E-state index contributed by atoms with van der Waals surface area (Å²) < 4.78 is 2.37. The molecular formula is C50H36N2. The van der Waals surface area contributed by atoms with Crippen LogP contribution < -0.4 is 4.90 Å². The topological polar surface area (TPSA) is 8.17 Å². The molecule has 7 aromatic carbocycles. The Morgan fingerprint density at radius 3 is 1.73 bits per heavy atom. The molecule has 0 saturated heterocycles. The van der Waals surface area contributed by atoms with Gasteiger partial charge in [-0.2, -0.15) is 0 Å². The van der Waals surface area contributed by atoms with E-state index in [0.29, 0.717) is 0 Å². The smallest absolute Gasteiger partial charge is 0.0726 e. The minimum atomic E-state index is -0.421. The molecule has 246 valence electrons. The van der Waals surface area contributed by atoms with Crippen LogP contribution in [0.1, 0.15) is 29.2 Å². The first kappa shape index (κ1) is 30.2. The van der Waals surface area contributed by atoms with Gasteiger partial charge in [0.1, 0.15) is 0 Å². The maximum Gasteiger partial charge on any atom is 0.0726 e. The van der Waals surface area contributed by atoms with E-state index in [-0.39, 0.29) is 0 Å². The number of rotatable bonds is 6. The number of allylic oxidation sites excluding steroid dienone is 4. The zero-order valence-electron chi connectivity index (χ0n) is 29.0. The number of hydrogen-bond donors (Lipinski definition) is 0. The number of anilines is 2. The number of aromatic nitrogens is 1. The Kier molecular flexibility index (Phi) is 6.81. The monoisotopic (exact) mass is 664 g/mol. The SMILES string of the molecule is C=C/C(=C\C=C/C)N(c1ccc2c(c1)C1(c3ccccc3-c3ccccc31)c1ccccc1-2)c1ccc2c(c1)c1ccccc1n2-c1ccccc1. The molecule has 0 N–H and O–H groups in total. The van der Waals surface area contributed by atoms with Crippen molar-refractivity contribution in [3.8, 4) is 27.9 Å². The molecule has 0 aliphatic heterocycles. The van der Waals surface area contributed by atoms with Crippen LogP contribution in [0.2, 0.25) is 0 Å². The Morgan fingerprint density at radius 2 is 1.08 bits per heavy atom. The van der Waals surface area contributed by atoms with Gasteiger partial charge in [-0.3, -0.25) is 0 Å². The highest BCUT2D eigenvalue weighted by molar-refractivity contribution is 6.10. The van der Waals surface area contributed by atoms with Gasteiger partial charge in [0, 0.05) is 33.5 Å². The van der Waals surface area contributed by atoms with Crippen LogP contribution in [0.3, 0.4) is 0 Å². The van der Waals surface area contributed by atoms with Crippen LogP contribution in [-0.2, 0) is 5.41 Å². The normalized spacial score (nSPS) is 13.8. The molecule has 10 rings (SSSR count). The van der Waals surface area contributed by atoms with Gasteiger partial charge in [0.15, 0.2) is 0 Å². The lowest BCUT2D eigenvalue weighted by Crippen LogP contribution is -2.26. The van der Waals surface area contributed by atoms with Crippen LogP contribution in [0.25, 0.3) is 49.7 Å². The van der Waals surface area contributed by atoms with Crippen molar-refractivity contribution in [2.24, 2.45) is 0 Å². The van der Waals surface area contributed by atoms with Crippen molar-refractivity contribution in [3.05, 3.63) is 223 Å². The van der Waals surface area contributed by atoms with Gasteiger partial charge in [0.2, 0.25) is 0 Å². The van der Waals surface area contributed by atoms with Crippen LogP contribution in [0, 0.1) is 0 Å². The highest BCUT2D eigenvalue weighted by Gasteiger charge is 2.51. The lowest BCUT2D eigenvalue weighted by atomic mass is 9.70. The Hall–Kier alpha value is -6.64. The Bertz CT molecular complexity index is 2710. The predicted molar refractivity (Wildman–Crippen MR) is 219 cm³/mol. The van der Waals surface area contributed by atoms with Gasteiger partial charge in [-0.05, 0) is 112 Å². The van der Waals surface area contributed by atoms with Crippen molar-refractivity contribution in [3.63, 3.8) is 0 Å². The molecule has 0 fully saturated rings. The van der Waals surface area contributed by atoms with Crippen molar-refractivity contribution >= 4 is 33.2 Å². The molecular weight excluding hydrogens is 629 g/mol. The van der Waals surface area contributed by atoms with E-state index in [2.05, 4.69) is 205 Å². The van der Waals surface area contributed by atoms with Crippen LogP contribution in [0.5, 0.6) is 0 Å². The highest BCUT2D eigenvalue weighted by atomic mass is 15.1. The quantitative estimate of drug-likeness (QED) is 0.161. The maximum atomic E-state index is 4.33. The lowest BCUT2D eigenvalue weighted by Gasteiger charge is -2.32. The third-order valence-corrected chi connectivity index (χ3v) is 11.1. The minimum Gasteiger partial charge on any atom is -0.310 e. The molecule has 1 heterocycles. The lowest BCUT2D eigenvalue weighted by molar-refractivity contribution is 0.793. The van der Waals surface area contributed by atoms with Crippen molar-refractivity contribution < 1.29 is 0 Å². The fourth-order valence-corrected chi connectivity index (χ4v) is 9.05. The third kappa shape index (κ3) is 4.12. The molecule has 0 bridgehead atoms. The second-order valence-electron chi connectivity index (χ2n) is 13.7. The summed E-state index contributed by atoms with van der Waals surface area (Å²) in [6.07, 6.45) is 8.29. The molecule has 0 radical (unpaired) electrons. The number of fused-ring (bicyclic) bond motifs is 13. The maximum absolute atomic E-state index is 4.33. The average molecular weight is 665 g/mol. The summed E-state index contributed by atoms with van der Waals surface area (Å²) in [5, 5.41) is 2.43. The molecule has 8 aromatic rings. The predicted octanol–water partition coefficient (Wildman–Crippen LogP) is 12.9. The van der Waals surface area contributed by atoms with Gasteiger partial charge >= 0.3 is 0 Å². The van der Waals surface area contributed by atoms with Crippen molar-refractivity contribution in [1.82, 2.24) is 4.57 Å². The van der Waals surface area contributed by atoms with Crippen molar-refractivity contribution in [2.75, 3.05) is 4.90 Å². The zero-order chi connectivity index (χ0) is 34.8. The standard InChI is InChI=1S/C50H36N2/c1-3-5-17-34(4-2)51(36-29-31-49-43(32-36)42-23-12-16-27-48(42)52(49)35-18-7-6-8-19-35)37-28-30-41-40-22-11-15-26-46(40)50(47(41)33-37)44-24-13-9-20-38(44)39-21-10-14-25-45(39)50/h3-33H,2H2,1H3/b5-3-,34-17+. The van der Waals surface area contributed by atoms with Gasteiger partial charge in [-0.25, -0.2) is 0 Å². The number of nitrogens with zero attached hydrogens (tertiary/aromatic N) is 2. The highest BCUT2D eigenvalue weighted by Crippen LogP contribution is 2.63. The Morgan fingerprint density at radius 1 is 0.538 bits per heavy atom. The molecule has 2 aliphatic rings. The first-order valence-electron chi connectivity index (χ1n) is 18.0. The van der Waals surface area contributed by atoms with Crippen molar-refractivity contribution in [1.29, 1.82) is 0 Å². The molecule has 0 unspecified atom stereocenters. The largest absolute Gasteiger partial charge is 0.310 e. The summed E-state index contributed by atoms with van der Waals surface area (Å²) in [6, 6.07) is 60.3. The summed E-state index contributed by atoms with van der Waals surface area (Å²) in [7, 11) is 0. The van der Waals surface area contributed by atoms with E-state index in [1.165, 1.54) is 66.3 Å². The number of hydrogen-bond acceptors (Lipinski definition) is 1. The van der Waals surface area contributed by atoms with E-state index < -0.39 is 5.41 Å². The van der Waals surface area contributed by atoms with Crippen LogP contribution in [-0.4, -0.2) is 4.57 Å². The second kappa shape index (κ2) is 11.7. The van der Waals surface area contributed by atoms with Gasteiger partial charge in [0.25, 0.3) is 0 Å². The second-order valence-corrected chi connectivity index (χ2v) is 13.7. The first-order valence-corrected chi connectivity index (χ1v) is 18.0. The summed E-state index contributed by atoms with van der Waals surface area (Å²) in [6.45, 7) is 6.38. The molecule has 1 spiro atoms. The van der Waals surface area contributed by atoms with Crippen molar-refractivity contribution in [2.45, 2.75) is 12.3 Å². The van der Waals surface area contributed by atoms with Crippen LogP contribution in [0.15, 0.2) is 200 Å². The summed E-state index contributed by atoms with van der Waals surface area (Å²) in [4.78, 5) is 2.37. The van der Waals surface area contributed by atoms with Crippen LogP contribution >= 0.6 is 0 Å². The molecule has 2 aliphatic carbocycles. The van der Waals surface area contributed by atoms with E-state index >= 15 is 0 Å². The summed E-state index contributed by atoms with van der Waals surface area (Å²) in [5.74, 6) is 0. The fourth-order valence-electron chi connectivity index (χ4n) is 9.05. The molecule has 2 heteroatoms. The minimum absolute atomic E-state index is 0.421. The van der Waals surface area contributed by atoms with Gasteiger partial charge in [-0.1, -0.05) is 134 Å². The summed E-state index contributed by atoms with van der Waals surface area (Å²) in [5.41, 5.74) is 16.8. The third-order valence-electron chi connectivity index (χ3n) is 11.1. The number of benzene rings is 7. The molecule has 52 heavy (non-hydrogen) atoms. The zero-order valence-corrected chi connectivity index (χ0v) is 29.0.